The standard InChI is InChI=1S/C15H35NSi2/c1-10-14(4)16-12-17(11-13(2)3)18(8,9)15(5,6)7/h11,14,16-17H,10,12H2,1-9H3. The second-order valence-electron chi connectivity index (χ2n) is 7.54. The number of nitrogens with one attached hydrogen (secondary N) is 1. The fraction of sp³-hybridized carbons (Fsp3) is 0.867. The SMILES string of the molecule is CCC(C)NC[SiH](C=C(C)C)[Si](C)(C)C(C)(C)C. The molecule has 0 radical (unpaired) electrons. The van der Waals surface area contributed by atoms with Gasteiger partial charge in [0.25, 0.3) is 0 Å². The lowest BCUT2D eigenvalue weighted by Gasteiger charge is -2.42. The van der Waals surface area contributed by atoms with Gasteiger partial charge in [-0.05, 0) is 38.4 Å². The molecule has 1 N–H and O–H groups in total. The van der Waals surface area contributed by atoms with E-state index in [-0.39, 0.29) is 0 Å². The Morgan fingerprint density at radius 1 is 1.28 bits per heavy atom. The molecule has 0 saturated heterocycles. The molecule has 0 fully saturated rings. The van der Waals surface area contributed by atoms with E-state index in [2.05, 4.69) is 72.6 Å². The number of hydrogen-bond donors (Lipinski definition) is 1. The van der Waals surface area contributed by atoms with Crippen molar-refractivity contribution in [3.63, 3.8) is 0 Å². The van der Waals surface area contributed by atoms with Gasteiger partial charge in [-0.3, -0.25) is 0 Å². The third-order valence-electron chi connectivity index (χ3n) is 4.69. The fourth-order valence-electron chi connectivity index (χ4n) is 1.95. The Morgan fingerprint density at radius 3 is 2.11 bits per heavy atom. The minimum atomic E-state index is -1.18. The second kappa shape index (κ2) is 7.06. The lowest BCUT2D eigenvalue weighted by Crippen LogP contribution is -2.57. The predicted molar refractivity (Wildman–Crippen MR) is 91.5 cm³/mol. The topological polar surface area (TPSA) is 12.0 Å². The molecule has 3 heteroatoms. The van der Waals surface area contributed by atoms with Crippen molar-refractivity contribution in [2.75, 3.05) is 6.17 Å². The molecule has 0 aromatic rings. The molecule has 0 bridgehead atoms. The lowest BCUT2D eigenvalue weighted by atomic mass is 10.2. The molecule has 1 nitrogen and oxygen atoms in total. The van der Waals surface area contributed by atoms with Crippen LogP contribution in [0.4, 0.5) is 0 Å². The first-order chi connectivity index (χ1) is 8.02. The average molecular weight is 286 g/mol. The van der Waals surface area contributed by atoms with E-state index in [1.54, 1.807) is 0 Å². The Labute approximate surface area is 118 Å². The van der Waals surface area contributed by atoms with Crippen molar-refractivity contribution in [1.82, 2.24) is 5.32 Å². The van der Waals surface area contributed by atoms with Crippen LogP contribution in [0.1, 0.15) is 54.9 Å². The molecule has 0 aromatic heterocycles. The molecule has 2 unspecified atom stereocenters. The van der Waals surface area contributed by atoms with E-state index in [9.17, 15) is 0 Å². The summed E-state index contributed by atoms with van der Waals surface area (Å²) in [5.74, 6) is 0. The van der Waals surface area contributed by atoms with Crippen LogP contribution in [0.2, 0.25) is 18.1 Å². The van der Waals surface area contributed by atoms with Gasteiger partial charge in [0, 0.05) is 13.6 Å². The maximum Gasteiger partial charge on any atom is 0.0708 e. The van der Waals surface area contributed by atoms with Crippen LogP contribution in [-0.2, 0) is 0 Å². The van der Waals surface area contributed by atoms with Crippen LogP contribution in [0.25, 0.3) is 0 Å². The van der Waals surface area contributed by atoms with Gasteiger partial charge in [-0.15, -0.1) is 5.70 Å². The Kier molecular flexibility index (Phi) is 7.11. The molecule has 0 aromatic carbocycles. The molecular weight excluding hydrogens is 250 g/mol. The maximum absolute atomic E-state index is 3.77. The molecule has 0 spiro atoms. The molecule has 0 aliphatic heterocycles. The highest BCUT2D eigenvalue weighted by molar-refractivity contribution is 7.35. The van der Waals surface area contributed by atoms with Crippen molar-refractivity contribution in [2.24, 2.45) is 0 Å². The quantitative estimate of drug-likeness (QED) is 0.720. The molecular formula is C15H35NSi2. The van der Waals surface area contributed by atoms with Gasteiger partial charge < -0.3 is 5.32 Å². The van der Waals surface area contributed by atoms with Gasteiger partial charge in [0.2, 0.25) is 0 Å². The molecule has 0 amide bonds. The zero-order valence-electron chi connectivity index (χ0n) is 14.1. The van der Waals surface area contributed by atoms with Crippen molar-refractivity contribution in [3.8, 4) is 0 Å². The zero-order valence-corrected chi connectivity index (χ0v) is 16.3. The van der Waals surface area contributed by atoms with Crippen LogP contribution in [0.5, 0.6) is 0 Å². The van der Waals surface area contributed by atoms with Crippen molar-refractivity contribution >= 4 is 15.9 Å². The molecule has 18 heavy (non-hydrogen) atoms. The highest BCUT2D eigenvalue weighted by Crippen LogP contribution is 2.37. The smallest absolute Gasteiger partial charge is 0.0708 e. The van der Waals surface area contributed by atoms with Gasteiger partial charge in [-0.1, -0.05) is 46.4 Å². The molecule has 0 rings (SSSR count). The third kappa shape index (κ3) is 5.41. The second-order valence-corrected chi connectivity index (χ2v) is 21.0. The summed E-state index contributed by atoms with van der Waals surface area (Å²) in [5, 5.41) is 4.27. The van der Waals surface area contributed by atoms with Gasteiger partial charge in [0.1, 0.15) is 0 Å². The van der Waals surface area contributed by atoms with E-state index in [1.165, 1.54) is 18.2 Å². The minimum absolute atomic E-state index is 0.507. The molecule has 0 heterocycles. The van der Waals surface area contributed by atoms with Crippen LogP contribution < -0.4 is 5.32 Å². The van der Waals surface area contributed by atoms with Gasteiger partial charge in [0.05, 0.1) is 8.31 Å². The summed E-state index contributed by atoms with van der Waals surface area (Å²) < 4.78 is 0. The summed E-state index contributed by atoms with van der Waals surface area (Å²) in [6, 6.07) is 0.662. The number of hydrogen-bond acceptors (Lipinski definition) is 1. The van der Waals surface area contributed by atoms with Crippen molar-refractivity contribution in [1.29, 1.82) is 0 Å². The Bertz CT molecular complexity index is 273. The molecule has 2 atom stereocenters. The summed E-state index contributed by atoms with van der Waals surface area (Å²) in [4.78, 5) is 0. The summed E-state index contributed by atoms with van der Waals surface area (Å²) in [5.41, 5.74) is 4.16. The number of allylic oxidation sites excluding steroid dienone is 1. The highest BCUT2D eigenvalue weighted by Gasteiger charge is 2.41. The summed E-state index contributed by atoms with van der Waals surface area (Å²) in [6.07, 6.45) is 2.50. The first-order valence-corrected chi connectivity index (χ1v) is 13.7. The maximum atomic E-state index is 3.77. The van der Waals surface area contributed by atoms with E-state index < -0.39 is 15.9 Å². The Hall–Kier alpha value is 0.134. The molecule has 108 valence electrons. The Morgan fingerprint density at radius 2 is 1.78 bits per heavy atom. The van der Waals surface area contributed by atoms with Gasteiger partial charge in [-0.2, -0.15) is 0 Å². The van der Waals surface area contributed by atoms with Crippen LogP contribution in [0.15, 0.2) is 11.3 Å². The molecule has 0 saturated carbocycles. The van der Waals surface area contributed by atoms with E-state index in [0.717, 1.165) is 0 Å². The first-order valence-electron chi connectivity index (χ1n) is 7.40. The normalized spacial score (nSPS) is 16.3. The van der Waals surface area contributed by atoms with Crippen molar-refractivity contribution in [2.45, 2.75) is 79.1 Å². The lowest BCUT2D eigenvalue weighted by molar-refractivity contribution is 0.578. The summed E-state index contributed by atoms with van der Waals surface area (Å²) in [6.45, 7) is 21.6. The van der Waals surface area contributed by atoms with E-state index in [0.29, 0.717) is 11.1 Å². The third-order valence-corrected chi connectivity index (χ3v) is 21.4. The van der Waals surface area contributed by atoms with E-state index in [4.69, 9.17) is 0 Å². The molecule has 0 aliphatic carbocycles. The first kappa shape index (κ1) is 18.1. The Balaban J connectivity index is 4.95. The van der Waals surface area contributed by atoms with Gasteiger partial charge in [-0.25, -0.2) is 0 Å². The summed E-state index contributed by atoms with van der Waals surface area (Å²) >= 11 is 0. The van der Waals surface area contributed by atoms with E-state index >= 15 is 0 Å². The molecule has 0 aliphatic rings. The van der Waals surface area contributed by atoms with Crippen LogP contribution in [-0.4, -0.2) is 28.1 Å². The van der Waals surface area contributed by atoms with Crippen LogP contribution >= 0.6 is 0 Å². The largest absolute Gasteiger partial charge is 0.317 e. The average Bonchev–Trinajstić information content (AvgIpc) is 2.21. The number of rotatable bonds is 6. The van der Waals surface area contributed by atoms with Gasteiger partial charge >= 0.3 is 0 Å². The monoisotopic (exact) mass is 285 g/mol. The van der Waals surface area contributed by atoms with Crippen LogP contribution in [0.3, 0.4) is 0 Å². The minimum Gasteiger partial charge on any atom is -0.317 e. The van der Waals surface area contributed by atoms with Crippen LogP contribution in [0, 0.1) is 0 Å². The van der Waals surface area contributed by atoms with Crippen molar-refractivity contribution in [3.05, 3.63) is 11.3 Å². The summed E-state index contributed by atoms with van der Waals surface area (Å²) in [7, 11) is -2.01. The van der Waals surface area contributed by atoms with E-state index in [1.807, 2.05) is 0 Å². The van der Waals surface area contributed by atoms with Crippen molar-refractivity contribution < 1.29 is 0 Å². The highest BCUT2D eigenvalue weighted by atomic mass is 29.2. The fourth-order valence-corrected chi connectivity index (χ4v) is 13.0. The van der Waals surface area contributed by atoms with Gasteiger partial charge in [0.15, 0.2) is 0 Å². The predicted octanol–water partition coefficient (Wildman–Crippen LogP) is 4.23. The zero-order chi connectivity index (χ0) is 14.6.